The van der Waals surface area contributed by atoms with Crippen molar-refractivity contribution in [3.05, 3.63) is 35.7 Å². The molecule has 31 heavy (non-hydrogen) atoms. The number of imidazole rings is 1. The molecule has 0 bridgehead atoms. The Kier molecular flexibility index (Phi) is 6.82. The number of fused-ring (bicyclic) bond motifs is 1. The summed E-state index contributed by atoms with van der Waals surface area (Å²) in [5.41, 5.74) is 2.88. The van der Waals surface area contributed by atoms with Crippen LogP contribution in [0.15, 0.2) is 39.8 Å². The van der Waals surface area contributed by atoms with Gasteiger partial charge in [-0.25, -0.2) is 9.40 Å². The number of ether oxygens (including phenoxy) is 1. The second-order valence-electron chi connectivity index (χ2n) is 9.04. The van der Waals surface area contributed by atoms with E-state index in [-0.39, 0.29) is 5.41 Å². The summed E-state index contributed by atoms with van der Waals surface area (Å²) in [6.07, 6.45) is 8.84. The molecule has 1 unspecified atom stereocenters. The van der Waals surface area contributed by atoms with Gasteiger partial charge < -0.3 is 9.30 Å². The molecule has 7 heteroatoms. The summed E-state index contributed by atoms with van der Waals surface area (Å²) in [6.45, 7) is 10.2. The maximum Gasteiger partial charge on any atom is 0.151 e. The fourth-order valence-electron chi connectivity index (χ4n) is 4.11. The molecule has 0 spiro atoms. The zero-order valence-corrected chi connectivity index (χ0v) is 19.5. The van der Waals surface area contributed by atoms with Crippen molar-refractivity contribution < 1.29 is 9.53 Å². The summed E-state index contributed by atoms with van der Waals surface area (Å²) in [6, 6.07) is 6.52. The number of hydrogen-bond acceptors (Lipinski definition) is 6. The lowest BCUT2D eigenvalue weighted by Gasteiger charge is -2.25. The number of allylic oxidation sites excluding steroid dienone is 1. The van der Waals surface area contributed by atoms with Crippen LogP contribution >= 0.6 is 11.9 Å². The third-order valence-corrected chi connectivity index (χ3v) is 7.31. The van der Waals surface area contributed by atoms with Gasteiger partial charge in [-0.05, 0) is 49.8 Å². The molecular weight excluding hydrogens is 408 g/mol. The number of hydrogen-bond donors (Lipinski definition) is 0. The van der Waals surface area contributed by atoms with Crippen LogP contribution in [-0.2, 0) is 21.5 Å². The highest BCUT2D eigenvalue weighted by Crippen LogP contribution is 2.34. The lowest BCUT2D eigenvalue weighted by Crippen LogP contribution is -2.24. The van der Waals surface area contributed by atoms with Gasteiger partial charge in [0.05, 0.1) is 23.8 Å². The van der Waals surface area contributed by atoms with Crippen LogP contribution in [0, 0.1) is 5.92 Å². The maximum atomic E-state index is 10.9. The van der Waals surface area contributed by atoms with Gasteiger partial charge in [-0.3, -0.25) is 4.79 Å². The molecule has 2 aromatic rings. The first-order valence-corrected chi connectivity index (χ1v) is 12.0. The summed E-state index contributed by atoms with van der Waals surface area (Å²) < 4.78 is 10.0. The van der Waals surface area contributed by atoms with Gasteiger partial charge in [0.25, 0.3) is 0 Å². The zero-order chi connectivity index (χ0) is 21.8. The van der Waals surface area contributed by atoms with Crippen LogP contribution in [0.3, 0.4) is 0 Å². The van der Waals surface area contributed by atoms with Crippen molar-refractivity contribution in [2.75, 3.05) is 19.8 Å². The Hall–Kier alpha value is -2.12. The molecule has 0 saturated carbocycles. The molecule has 166 valence electrons. The SMILES string of the molecule is CCC(C)(C)c1nc2cc(SN3CC=C(C=O)C=N3)ccc2n1CC1CCCOCC1. The molecule has 0 aliphatic carbocycles. The Labute approximate surface area is 188 Å². The van der Waals surface area contributed by atoms with E-state index in [9.17, 15) is 4.79 Å². The lowest BCUT2D eigenvalue weighted by atomic mass is 9.89. The number of benzene rings is 1. The van der Waals surface area contributed by atoms with Gasteiger partial charge in [0.2, 0.25) is 0 Å². The summed E-state index contributed by atoms with van der Waals surface area (Å²) in [5, 5.41) is 4.35. The van der Waals surface area contributed by atoms with Crippen LogP contribution in [0.2, 0.25) is 0 Å². The van der Waals surface area contributed by atoms with Gasteiger partial charge in [-0.15, -0.1) is 0 Å². The van der Waals surface area contributed by atoms with Gasteiger partial charge in [-0.1, -0.05) is 26.8 Å². The van der Waals surface area contributed by atoms with Gasteiger partial charge in [0.1, 0.15) is 5.82 Å². The minimum absolute atomic E-state index is 0.0146. The Morgan fingerprint density at radius 2 is 2.16 bits per heavy atom. The van der Waals surface area contributed by atoms with Crippen molar-refractivity contribution in [3.63, 3.8) is 0 Å². The van der Waals surface area contributed by atoms with Crippen LogP contribution in [-0.4, -0.2) is 46.2 Å². The lowest BCUT2D eigenvalue weighted by molar-refractivity contribution is -0.104. The topological polar surface area (TPSA) is 59.7 Å². The molecule has 0 radical (unpaired) electrons. The predicted octanol–water partition coefficient (Wildman–Crippen LogP) is 4.97. The van der Waals surface area contributed by atoms with E-state index < -0.39 is 0 Å². The van der Waals surface area contributed by atoms with Crippen LogP contribution in [0.5, 0.6) is 0 Å². The van der Waals surface area contributed by atoms with E-state index in [1.165, 1.54) is 17.8 Å². The first-order valence-electron chi connectivity index (χ1n) is 11.2. The van der Waals surface area contributed by atoms with Crippen LogP contribution in [0.1, 0.15) is 52.3 Å². The third-order valence-electron chi connectivity index (χ3n) is 6.39. The Morgan fingerprint density at radius 1 is 1.29 bits per heavy atom. The van der Waals surface area contributed by atoms with Gasteiger partial charge in [0, 0.05) is 47.6 Å². The van der Waals surface area contributed by atoms with Crippen molar-refractivity contribution in [2.45, 2.75) is 63.3 Å². The van der Waals surface area contributed by atoms with E-state index in [0.717, 1.165) is 55.7 Å². The highest BCUT2D eigenvalue weighted by atomic mass is 32.2. The molecule has 1 atom stereocenters. The summed E-state index contributed by atoms with van der Waals surface area (Å²) in [4.78, 5) is 17.1. The first-order chi connectivity index (χ1) is 15.0. The first kappa shape index (κ1) is 22.1. The number of carbonyl (C=O) groups excluding carboxylic acids is 1. The third kappa shape index (κ3) is 5.04. The standard InChI is InChI=1S/C24H32N4O2S/c1-4-24(2,3)23-26-21-14-20(31-28-11-9-19(17-29)15-25-28)7-8-22(21)27(23)16-18-6-5-12-30-13-10-18/h7-9,14-15,17-18H,4-6,10-13,16H2,1-3H3. The number of carbonyl (C=O) groups is 1. The molecule has 0 amide bonds. The Balaban J connectivity index is 1.62. The van der Waals surface area contributed by atoms with Gasteiger partial charge in [-0.2, -0.15) is 5.10 Å². The van der Waals surface area contributed by atoms with Crippen LogP contribution < -0.4 is 0 Å². The molecule has 6 nitrogen and oxygen atoms in total. The zero-order valence-electron chi connectivity index (χ0n) is 18.7. The molecular formula is C24H32N4O2S. The molecule has 1 saturated heterocycles. The largest absolute Gasteiger partial charge is 0.381 e. The van der Waals surface area contributed by atoms with Crippen molar-refractivity contribution in [3.8, 4) is 0 Å². The highest BCUT2D eigenvalue weighted by Gasteiger charge is 2.27. The van der Waals surface area contributed by atoms with E-state index in [4.69, 9.17) is 9.72 Å². The molecule has 1 aromatic heterocycles. The van der Waals surface area contributed by atoms with Crippen molar-refractivity contribution >= 4 is 35.5 Å². The average Bonchev–Trinajstić information content (AvgIpc) is 2.95. The normalized spacial score (nSPS) is 20.0. The Morgan fingerprint density at radius 3 is 2.90 bits per heavy atom. The van der Waals surface area contributed by atoms with E-state index in [0.29, 0.717) is 18.0 Å². The van der Waals surface area contributed by atoms with Crippen molar-refractivity contribution in [2.24, 2.45) is 11.0 Å². The number of nitrogens with zero attached hydrogens (tertiary/aromatic N) is 4. The fourth-order valence-corrected chi connectivity index (χ4v) is 4.89. The van der Waals surface area contributed by atoms with E-state index >= 15 is 0 Å². The second kappa shape index (κ2) is 9.57. The van der Waals surface area contributed by atoms with Crippen molar-refractivity contribution in [1.82, 2.24) is 14.0 Å². The minimum Gasteiger partial charge on any atom is -0.381 e. The molecule has 0 N–H and O–H groups in total. The monoisotopic (exact) mass is 440 g/mol. The predicted molar refractivity (Wildman–Crippen MR) is 126 cm³/mol. The summed E-state index contributed by atoms with van der Waals surface area (Å²) in [7, 11) is 0. The summed E-state index contributed by atoms with van der Waals surface area (Å²) in [5.74, 6) is 1.80. The average molecular weight is 441 g/mol. The fraction of sp³-hybridized carbons (Fsp3) is 0.542. The maximum absolute atomic E-state index is 10.9. The van der Waals surface area contributed by atoms with Crippen LogP contribution in [0.25, 0.3) is 11.0 Å². The quantitative estimate of drug-likeness (QED) is 0.449. The Bertz CT molecular complexity index is 987. The molecule has 2 aliphatic rings. The number of rotatable bonds is 7. The molecule has 3 heterocycles. The van der Waals surface area contributed by atoms with Crippen molar-refractivity contribution in [1.29, 1.82) is 0 Å². The van der Waals surface area contributed by atoms with E-state index in [2.05, 4.69) is 48.6 Å². The second-order valence-corrected chi connectivity index (χ2v) is 10.1. The smallest absolute Gasteiger partial charge is 0.151 e. The highest BCUT2D eigenvalue weighted by molar-refractivity contribution is 7.97. The number of hydrazone groups is 1. The molecule has 1 aromatic carbocycles. The number of aldehydes is 1. The minimum atomic E-state index is 0.0146. The van der Waals surface area contributed by atoms with E-state index in [1.807, 2.05) is 10.5 Å². The molecule has 4 rings (SSSR count). The van der Waals surface area contributed by atoms with Gasteiger partial charge in [0.15, 0.2) is 6.29 Å². The van der Waals surface area contributed by atoms with E-state index in [1.54, 1.807) is 18.2 Å². The molecule has 1 fully saturated rings. The number of aromatic nitrogens is 2. The summed E-state index contributed by atoms with van der Waals surface area (Å²) >= 11 is 1.57. The van der Waals surface area contributed by atoms with Crippen LogP contribution in [0.4, 0.5) is 0 Å². The molecule has 2 aliphatic heterocycles. The van der Waals surface area contributed by atoms with Gasteiger partial charge >= 0.3 is 0 Å².